The Morgan fingerprint density at radius 1 is 1.03 bits per heavy atom. The average molecular weight is 423 g/mol. The number of ether oxygens (including phenoxy) is 3. The maximum atomic E-state index is 12.6. The third kappa shape index (κ3) is 5.47. The molecule has 0 aliphatic heterocycles. The Bertz CT molecular complexity index is 1070. The Hall–Kier alpha value is -4.14. The zero-order valence-corrected chi connectivity index (χ0v) is 17.0. The molecule has 31 heavy (non-hydrogen) atoms. The van der Waals surface area contributed by atoms with Crippen molar-refractivity contribution in [1.82, 2.24) is 4.98 Å². The van der Waals surface area contributed by atoms with E-state index in [4.69, 9.17) is 14.2 Å². The first-order valence-corrected chi connectivity index (χ1v) is 9.44. The molecule has 0 unspecified atom stereocenters. The van der Waals surface area contributed by atoms with Gasteiger partial charge in [-0.25, -0.2) is 0 Å². The molecule has 0 saturated carbocycles. The van der Waals surface area contributed by atoms with Gasteiger partial charge in [0.1, 0.15) is 6.61 Å². The number of nitrogens with zero attached hydrogens (tertiary/aromatic N) is 2. The third-order valence-corrected chi connectivity index (χ3v) is 4.28. The minimum absolute atomic E-state index is 0.111. The molecule has 9 heteroatoms. The average Bonchev–Trinajstić information content (AvgIpc) is 2.78. The van der Waals surface area contributed by atoms with Gasteiger partial charge in [-0.15, -0.1) is 0 Å². The van der Waals surface area contributed by atoms with E-state index in [-0.39, 0.29) is 23.6 Å². The molecule has 1 aromatic heterocycles. The van der Waals surface area contributed by atoms with E-state index < -0.39 is 10.8 Å². The minimum atomic E-state index is -0.583. The first-order chi connectivity index (χ1) is 15.0. The van der Waals surface area contributed by atoms with Gasteiger partial charge in [0.25, 0.3) is 5.91 Å². The monoisotopic (exact) mass is 423 g/mol. The molecule has 3 rings (SSSR count). The Labute approximate surface area is 178 Å². The van der Waals surface area contributed by atoms with Crippen molar-refractivity contribution < 1.29 is 23.9 Å². The number of hydrogen-bond donors (Lipinski definition) is 1. The predicted molar refractivity (Wildman–Crippen MR) is 114 cm³/mol. The van der Waals surface area contributed by atoms with Crippen LogP contribution in [0.4, 0.5) is 11.4 Å². The Balaban J connectivity index is 1.78. The van der Waals surface area contributed by atoms with E-state index in [1.165, 1.54) is 25.3 Å². The highest BCUT2D eigenvalue weighted by Crippen LogP contribution is 2.32. The van der Waals surface area contributed by atoms with Crippen LogP contribution >= 0.6 is 0 Å². The van der Waals surface area contributed by atoms with Crippen LogP contribution in [0.3, 0.4) is 0 Å². The Kier molecular flexibility index (Phi) is 7.00. The summed E-state index contributed by atoms with van der Waals surface area (Å²) in [6.45, 7) is 2.30. The molecule has 3 aromatic rings. The van der Waals surface area contributed by atoms with E-state index in [0.717, 1.165) is 5.56 Å². The molecule has 1 N–H and O–H groups in total. The van der Waals surface area contributed by atoms with Crippen molar-refractivity contribution in [2.75, 3.05) is 19.0 Å². The van der Waals surface area contributed by atoms with Crippen LogP contribution in [0, 0.1) is 10.1 Å². The van der Waals surface area contributed by atoms with Gasteiger partial charge in [-0.05, 0) is 48.9 Å². The molecule has 0 spiro atoms. The van der Waals surface area contributed by atoms with Crippen molar-refractivity contribution in [2.45, 2.75) is 13.5 Å². The first-order valence-electron chi connectivity index (χ1n) is 9.44. The van der Waals surface area contributed by atoms with Crippen molar-refractivity contribution in [3.05, 3.63) is 82.2 Å². The molecule has 0 bridgehead atoms. The number of carbonyl (C=O) groups excluding carboxylic acids is 1. The van der Waals surface area contributed by atoms with E-state index in [0.29, 0.717) is 23.8 Å². The molecule has 0 radical (unpaired) electrons. The molecule has 0 aliphatic rings. The summed E-state index contributed by atoms with van der Waals surface area (Å²) in [5.41, 5.74) is 1.23. The fraction of sp³-hybridized carbons (Fsp3) is 0.182. The molecular formula is C22H21N3O6. The van der Waals surface area contributed by atoms with Gasteiger partial charge in [0.05, 0.1) is 18.6 Å². The summed E-state index contributed by atoms with van der Waals surface area (Å²) >= 11 is 0. The summed E-state index contributed by atoms with van der Waals surface area (Å²) in [4.78, 5) is 27.3. The van der Waals surface area contributed by atoms with Gasteiger partial charge in [0.15, 0.2) is 17.2 Å². The van der Waals surface area contributed by atoms with Gasteiger partial charge in [0, 0.05) is 35.8 Å². The predicted octanol–water partition coefficient (Wildman–Crippen LogP) is 4.23. The number of hydrogen-bond acceptors (Lipinski definition) is 7. The molecule has 160 valence electrons. The summed E-state index contributed by atoms with van der Waals surface area (Å²) < 4.78 is 16.4. The maximum absolute atomic E-state index is 12.6. The Morgan fingerprint density at radius 2 is 1.77 bits per heavy atom. The number of benzene rings is 2. The van der Waals surface area contributed by atoms with Gasteiger partial charge in [-0.2, -0.15) is 0 Å². The fourth-order valence-corrected chi connectivity index (χ4v) is 2.79. The summed E-state index contributed by atoms with van der Waals surface area (Å²) in [6, 6.07) is 12.7. The lowest BCUT2D eigenvalue weighted by Crippen LogP contribution is -2.12. The van der Waals surface area contributed by atoms with Crippen molar-refractivity contribution in [3.8, 4) is 17.2 Å². The van der Waals surface area contributed by atoms with E-state index in [2.05, 4.69) is 10.3 Å². The number of nitro groups is 1. The second-order valence-electron chi connectivity index (χ2n) is 6.34. The molecule has 0 atom stereocenters. The highest BCUT2D eigenvalue weighted by atomic mass is 16.6. The normalized spacial score (nSPS) is 10.3. The van der Waals surface area contributed by atoms with Crippen LogP contribution in [0.15, 0.2) is 60.9 Å². The van der Waals surface area contributed by atoms with Crippen LogP contribution in [0.5, 0.6) is 17.2 Å². The number of carbonyl (C=O) groups is 1. The molecule has 0 fully saturated rings. The van der Waals surface area contributed by atoms with E-state index in [1.807, 2.05) is 12.1 Å². The fourth-order valence-electron chi connectivity index (χ4n) is 2.79. The number of amides is 1. The largest absolute Gasteiger partial charge is 0.493 e. The molecule has 0 aliphatic carbocycles. The van der Waals surface area contributed by atoms with Gasteiger partial charge in [-0.1, -0.05) is 0 Å². The molecule has 1 amide bonds. The van der Waals surface area contributed by atoms with Crippen molar-refractivity contribution >= 4 is 17.3 Å². The summed E-state index contributed by atoms with van der Waals surface area (Å²) in [6.07, 6.45) is 3.34. The van der Waals surface area contributed by atoms with Gasteiger partial charge in [0.2, 0.25) is 0 Å². The number of rotatable bonds is 9. The maximum Gasteiger partial charge on any atom is 0.311 e. The number of nitro benzene ring substituents is 1. The molecular weight excluding hydrogens is 402 g/mol. The second-order valence-corrected chi connectivity index (χ2v) is 6.34. The highest BCUT2D eigenvalue weighted by molar-refractivity contribution is 6.05. The summed E-state index contributed by atoms with van der Waals surface area (Å²) in [5, 5.41) is 14.0. The number of methoxy groups -OCH3 is 1. The Morgan fingerprint density at radius 3 is 2.45 bits per heavy atom. The summed E-state index contributed by atoms with van der Waals surface area (Å²) in [7, 11) is 1.52. The van der Waals surface area contributed by atoms with Crippen LogP contribution in [0.2, 0.25) is 0 Å². The molecule has 1 heterocycles. The van der Waals surface area contributed by atoms with Gasteiger partial charge in [-0.3, -0.25) is 19.9 Å². The van der Waals surface area contributed by atoms with Crippen molar-refractivity contribution in [2.24, 2.45) is 0 Å². The minimum Gasteiger partial charge on any atom is -0.493 e. The topological polar surface area (TPSA) is 113 Å². The van der Waals surface area contributed by atoms with E-state index in [1.54, 1.807) is 37.5 Å². The lowest BCUT2D eigenvalue weighted by molar-refractivity contribution is -0.385. The quantitative estimate of drug-likeness (QED) is 0.405. The standard InChI is InChI=1S/C22H21N3O6/c1-3-30-19-6-4-16(12-18(19)25(27)28)22(26)24-17-5-7-20(29-2)21(13-17)31-14-15-8-10-23-11-9-15/h4-13H,3,14H2,1-2H3,(H,24,26). The van der Waals surface area contributed by atoms with Crippen LogP contribution < -0.4 is 19.5 Å². The molecule has 2 aromatic carbocycles. The van der Waals surface area contributed by atoms with E-state index in [9.17, 15) is 14.9 Å². The van der Waals surface area contributed by atoms with Crippen LogP contribution in [-0.4, -0.2) is 29.5 Å². The summed E-state index contributed by atoms with van der Waals surface area (Å²) in [5.74, 6) is 0.551. The molecule has 0 saturated heterocycles. The first kappa shape index (κ1) is 21.6. The lowest BCUT2D eigenvalue weighted by atomic mass is 10.1. The number of aromatic nitrogens is 1. The third-order valence-electron chi connectivity index (χ3n) is 4.28. The van der Waals surface area contributed by atoms with Crippen LogP contribution in [-0.2, 0) is 6.61 Å². The highest BCUT2D eigenvalue weighted by Gasteiger charge is 2.19. The van der Waals surface area contributed by atoms with Gasteiger partial charge < -0.3 is 19.5 Å². The van der Waals surface area contributed by atoms with Gasteiger partial charge >= 0.3 is 5.69 Å². The van der Waals surface area contributed by atoms with Crippen molar-refractivity contribution in [1.29, 1.82) is 0 Å². The smallest absolute Gasteiger partial charge is 0.311 e. The van der Waals surface area contributed by atoms with Crippen molar-refractivity contribution in [3.63, 3.8) is 0 Å². The number of pyridine rings is 1. The molecule has 9 nitrogen and oxygen atoms in total. The van der Waals surface area contributed by atoms with Crippen LogP contribution in [0.25, 0.3) is 0 Å². The number of nitrogens with one attached hydrogen (secondary N) is 1. The lowest BCUT2D eigenvalue weighted by Gasteiger charge is -2.13. The second kappa shape index (κ2) is 10.1. The zero-order chi connectivity index (χ0) is 22.2. The zero-order valence-electron chi connectivity index (χ0n) is 17.0. The van der Waals surface area contributed by atoms with Crippen LogP contribution in [0.1, 0.15) is 22.8 Å². The SMILES string of the molecule is CCOc1ccc(C(=O)Nc2ccc(OC)c(OCc3ccncc3)c2)cc1[N+](=O)[O-]. The van der Waals surface area contributed by atoms with E-state index >= 15 is 0 Å². The number of anilines is 1.